The predicted octanol–water partition coefficient (Wildman–Crippen LogP) is 0.501. The Bertz CT molecular complexity index is 199. The number of rotatable bonds is 2. The number of carbonyl (C=O) groups is 2. The first-order valence-corrected chi connectivity index (χ1v) is 4.02. The molecule has 1 aliphatic heterocycles. The normalized spacial score (nSPS) is 28.3. The van der Waals surface area contributed by atoms with Gasteiger partial charge in [-0.3, -0.25) is 9.59 Å². The molecule has 68 valence electrons. The molecular weight excluding hydrogens is 160 g/mol. The molecule has 0 N–H and O–H groups in total. The van der Waals surface area contributed by atoms with Crippen LogP contribution in [0.2, 0.25) is 0 Å². The summed E-state index contributed by atoms with van der Waals surface area (Å²) in [6.07, 6.45) is 0.282. The van der Waals surface area contributed by atoms with E-state index in [0.717, 1.165) is 0 Å². The Morgan fingerprint density at radius 3 is 2.83 bits per heavy atom. The van der Waals surface area contributed by atoms with E-state index in [1.165, 1.54) is 0 Å². The molecule has 0 amide bonds. The zero-order chi connectivity index (χ0) is 9.14. The van der Waals surface area contributed by atoms with Crippen molar-refractivity contribution in [2.75, 3.05) is 6.61 Å². The van der Waals surface area contributed by atoms with Crippen LogP contribution < -0.4 is 0 Å². The van der Waals surface area contributed by atoms with E-state index < -0.39 is 17.9 Å². The Hall–Kier alpha value is -1.06. The third-order valence-electron chi connectivity index (χ3n) is 1.74. The van der Waals surface area contributed by atoms with Gasteiger partial charge in [0.1, 0.15) is 6.10 Å². The molecule has 1 rings (SSSR count). The minimum Gasteiger partial charge on any atom is -0.465 e. The van der Waals surface area contributed by atoms with Crippen molar-refractivity contribution in [3.8, 4) is 0 Å². The largest absolute Gasteiger partial charge is 0.465 e. The van der Waals surface area contributed by atoms with Gasteiger partial charge in [-0.05, 0) is 13.8 Å². The molecule has 1 heterocycles. The summed E-state index contributed by atoms with van der Waals surface area (Å²) in [4.78, 5) is 22.1. The molecule has 12 heavy (non-hydrogen) atoms. The van der Waals surface area contributed by atoms with Gasteiger partial charge in [-0.15, -0.1) is 0 Å². The Balaban J connectivity index is 2.52. The summed E-state index contributed by atoms with van der Waals surface area (Å²) in [6.45, 7) is 3.77. The van der Waals surface area contributed by atoms with Crippen LogP contribution in [-0.2, 0) is 19.1 Å². The average Bonchev–Trinajstić information content (AvgIpc) is 2.30. The third-order valence-corrected chi connectivity index (χ3v) is 1.74. The first-order valence-electron chi connectivity index (χ1n) is 4.02. The van der Waals surface area contributed by atoms with E-state index in [9.17, 15) is 9.59 Å². The van der Waals surface area contributed by atoms with Crippen LogP contribution >= 0.6 is 0 Å². The summed E-state index contributed by atoms with van der Waals surface area (Å²) in [5.41, 5.74) is 0. The van der Waals surface area contributed by atoms with Crippen LogP contribution in [0.15, 0.2) is 0 Å². The molecule has 0 radical (unpaired) electrons. The lowest BCUT2D eigenvalue weighted by Crippen LogP contribution is -2.21. The van der Waals surface area contributed by atoms with Gasteiger partial charge in [-0.1, -0.05) is 0 Å². The van der Waals surface area contributed by atoms with Gasteiger partial charge in [-0.25, -0.2) is 0 Å². The van der Waals surface area contributed by atoms with Gasteiger partial charge in [0.15, 0.2) is 5.92 Å². The fourth-order valence-corrected chi connectivity index (χ4v) is 1.19. The summed E-state index contributed by atoms with van der Waals surface area (Å²) in [7, 11) is 0. The molecule has 0 aromatic heterocycles. The molecule has 0 aromatic carbocycles. The van der Waals surface area contributed by atoms with Crippen molar-refractivity contribution in [2.45, 2.75) is 26.4 Å². The minimum atomic E-state index is -0.694. The van der Waals surface area contributed by atoms with Crippen LogP contribution in [0, 0.1) is 5.92 Å². The van der Waals surface area contributed by atoms with Gasteiger partial charge in [0.25, 0.3) is 0 Å². The van der Waals surface area contributed by atoms with Crippen LogP contribution in [0.5, 0.6) is 0 Å². The zero-order valence-electron chi connectivity index (χ0n) is 7.20. The summed E-state index contributed by atoms with van der Waals surface area (Å²) >= 11 is 0. The molecule has 1 fully saturated rings. The van der Waals surface area contributed by atoms with E-state index in [2.05, 4.69) is 0 Å². The van der Waals surface area contributed by atoms with Gasteiger partial charge in [0.2, 0.25) is 0 Å². The first-order chi connectivity index (χ1) is 5.65. The lowest BCUT2D eigenvalue weighted by molar-refractivity contribution is -0.156. The quantitative estimate of drug-likeness (QED) is 0.449. The highest BCUT2D eigenvalue weighted by Crippen LogP contribution is 2.21. The van der Waals surface area contributed by atoms with Crippen LogP contribution in [0.25, 0.3) is 0 Å². The van der Waals surface area contributed by atoms with Crippen molar-refractivity contribution in [2.24, 2.45) is 5.92 Å². The molecule has 0 spiro atoms. The first kappa shape index (κ1) is 9.03. The van der Waals surface area contributed by atoms with Crippen molar-refractivity contribution in [3.63, 3.8) is 0 Å². The van der Waals surface area contributed by atoms with Crippen LogP contribution in [0.3, 0.4) is 0 Å². The van der Waals surface area contributed by atoms with Crippen molar-refractivity contribution in [3.05, 3.63) is 0 Å². The maximum absolute atomic E-state index is 11.1. The highest BCUT2D eigenvalue weighted by atomic mass is 16.6. The number of hydrogen-bond donors (Lipinski definition) is 0. The standard InChI is InChI=1S/C8H12O4/c1-3-11-7(9)6-4-5(2)12-8(6)10/h5-6H,3-4H2,1-2H3. The van der Waals surface area contributed by atoms with Crippen molar-refractivity contribution < 1.29 is 19.1 Å². The smallest absolute Gasteiger partial charge is 0.320 e. The molecule has 0 saturated carbocycles. The minimum absolute atomic E-state index is 0.160. The predicted molar refractivity (Wildman–Crippen MR) is 40.3 cm³/mol. The SMILES string of the molecule is CCOC(=O)C1CC(C)OC1=O. The van der Waals surface area contributed by atoms with E-state index in [-0.39, 0.29) is 6.10 Å². The van der Waals surface area contributed by atoms with Gasteiger partial charge in [0, 0.05) is 6.42 Å². The van der Waals surface area contributed by atoms with E-state index in [0.29, 0.717) is 13.0 Å². The third kappa shape index (κ3) is 1.75. The summed E-state index contributed by atoms with van der Waals surface area (Å²) in [5, 5.41) is 0. The molecule has 2 unspecified atom stereocenters. The lowest BCUT2D eigenvalue weighted by Gasteiger charge is -2.03. The summed E-state index contributed by atoms with van der Waals surface area (Å²) < 4.78 is 9.51. The van der Waals surface area contributed by atoms with E-state index >= 15 is 0 Å². The molecule has 4 heteroatoms. The zero-order valence-corrected chi connectivity index (χ0v) is 7.20. The maximum Gasteiger partial charge on any atom is 0.320 e. The van der Waals surface area contributed by atoms with Crippen molar-refractivity contribution >= 4 is 11.9 Å². The highest BCUT2D eigenvalue weighted by molar-refractivity contribution is 5.96. The molecule has 1 saturated heterocycles. The van der Waals surface area contributed by atoms with E-state index in [4.69, 9.17) is 9.47 Å². The van der Waals surface area contributed by atoms with Gasteiger partial charge < -0.3 is 9.47 Å². The van der Waals surface area contributed by atoms with Gasteiger partial charge in [-0.2, -0.15) is 0 Å². The second-order valence-electron chi connectivity index (χ2n) is 2.79. The Morgan fingerprint density at radius 1 is 1.75 bits per heavy atom. The van der Waals surface area contributed by atoms with Crippen LogP contribution in [-0.4, -0.2) is 24.6 Å². The molecular formula is C8H12O4. The molecule has 4 nitrogen and oxygen atoms in total. The number of carbonyl (C=O) groups excluding carboxylic acids is 2. The summed E-state index contributed by atoms with van der Waals surface area (Å²) in [6, 6.07) is 0. The number of esters is 2. The van der Waals surface area contributed by atoms with E-state index in [1.807, 2.05) is 0 Å². The van der Waals surface area contributed by atoms with Crippen LogP contribution in [0.1, 0.15) is 20.3 Å². The number of cyclic esters (lactones) is 1. The van der Waals surface area contributed by atoms with Crippen LogP contribution in [0.4, 0.5) is 0 Å². The molecule has 0 bridgehead atoms. The van der Waals surface area contributed by atoms with Crippen molar-refractivity contribution in [1.82, 2.24) is 0 Å². The lowest BCUT2D eigenvalue weighted by atomic mass is 10.1. The monoisotopic (exact) mass is 172 g/mol. The molecule has 2 atom stereocenters. The molecule has 1 aliphatic rings. The van der Waals surface area contributed by atoms with Gasteiger partial charge >= 0.3 is 11.9 Å². The second-order valence-corrected chi connectivity index (χ2v) is 2.79. The van der Waals surface area contributed by atoms with Gasteiger partial charge in [0.05, 0.1) is 6.61 Å². The number of hydrogen-bond acceptors (Lipinski definition) is 4. The Labute approximate surface area is 70.8 Å². The maximum atomic E-state index is 11.1. The fourth-order valence-electron chi connectivity index (χ4n) is 1.19. The average molecular weight is 172 g/mol. The highest BCUT2D eigenvalue weighted by Gasteiger charge is 2.38. The molecule has 0 aliphatic carbocycles. The Morgan fingerprint density at radius 2 is 2.42 bits per heavy atom. The Kier molecular flexibility index (Phi) is 2.68. The van der Waals surface area contributed by atoms with Crippen molar-refractivity contribution in [1.29, 1.82) is 0 Å². The second kappa shape index (κ2) is 3.56. The van der Waals surface area contributed by atoms with E-state index in [1.54, 1.807) is 13.8 Å². The number of ether oxygens (including phenoxy) is 2. The summed E-state index contributed by atoms with van der Waals surface area (Å²) in [5.74, 6) is -1.62. The topological polar surface area (TPSA) is 52.6 Å². The fraction of sp³-hybridized carbons (Fsp3) is 0.750. The molecule has 0 aromatic rings.